The van der Waals surface area contributed by atoms with Gasteiger partial charge >= 0.3 is 0 Å². The van der Waals surface area contributed by atoms with E-state index in [1.54, 1.807) is 19.1 Å². The maximum absolute atomic E-state index is 12.5. The van der Waals surface area contributed by atoms with Gasteiger partial charge in [-0.15, -0.1) is 0 Å². The molecule has 8 nitrogen and oxygen atoms in total. The molecule has 2 aromatic carbocycles. The maximum atomic E-state index is 12.5. The summed E-state index contributed by atoms with van der Waals surface area (Å²) in [6, 6.07) is 8.88. The summed E-state index contributed by atoms with van der Waals surface area (Å²) < 4.78 is 11.0. The number of hydrogen-bond donors (Lipinski definition) is 1. The van der Waals surface area contributed by atoms with Crippen molar-refractivity contribution >= 4 is 23.5 Å². The van der Waals surface area contributed by atoms with E-state index in [0.717, 1.165) is 0 Å². The molecule has 8 heteroatoms. The summed E-state index contributed by atoms with van der Waals surface area (Å²) in [6.45, 7) is 1.43. The zero-order valence-corrected chi connectivity index (χ0v) is 13.7. The van der Waals surface area contributed by atoms with Crippen molar-refractivity contribution in [3.63, 3.8) is 0 Å². The van der Waals surface area contributed by atoms with Gasteiger partial charge in [0.05, 0.1) is 10.5 Å². The molecule has 0 atom stereocenters. The molecule has 132 valence electrons. The van der Waals surface area contributed by atoms with Crippen LogP contribution in [0.5, 0.6) is 11.5 Å². The van der Waals surface area contributed by atoms with Crippen molar-refractivity contribution in [2.75, 3.05) is 6.61 Å². The second-order valence-corrected chi connectivity index (χ2v) is 5.61. The van der Waals surface area contributed by atoms with Crippen molar-refractivity contribution in [2.24, 2.45) is 5.73 Å². The normalized spacial score (nSPS) is 14.0. The quantitative estimate of drug-likeness (QED) is 0.500. The van der Waals surface area contributed by atoms with Crippen LogP contribution in [0.4, 0.5) is 5.69 Å². The molecule has 0 aromatic heterocycles. The fraction of sp³-hybridized carbons (Fsp3) is 0.111. The number of nitro benzene ring substituents is 1. The van der Waals surface area contributed by atoms with Crippen LogP contribution in [-0.4, -0.2) is 23.2 Å². The Morgan fingerprint density at radius 2 is 1.96 bits per heavy atom. The van der Waals surface area contributed by atoms with Gasteiger partial charge in [0.25, 0.3) is 11.6 Å². The first-order chi connectivity index (χ1) is 12.4. The summed E-state index contributed by atoms with van der Waals surface area (Å²) in [5.41, 5.74) is 6.56. The molecular formula is C18H14N2O6. The van der Waals surface area contributed by atoms with Gasteiger partial charge in [-0.05, 0) is 42.8 Å². The zero-order valence-electron chi connectivity index (χ0n) is 13.7. The summed E-state index contributed by atoms with van der Waals surface area (Å²) in [4.78, 5) is 33.5. The topological polar surface area (TPSA) is 122 Å². The van der Waals surface area contributed by atoms with E-state index in [-0.39, 0.29) is 23.8 Å². The highest BCUT2D eigenvalue weighted by Crippen LogP contribution is 2.39. The molecule has 0 radical (unpaired) electrons. The molecule has 0 saturated carbocycles. The highest BCUT2D eigenvalue weighted by Gasteiger charge is 2.30. The van der Waals surface area contributed by atoms with Crippen LogP contribution in [0.1, 0.15) is 21.5 Å². The molecule has 0 fully saturated rings. The second kappa shape index (κ2) is 6.67. The van der Waals surface area contributed by atoms with Crippen LogP contribution in [0.3, 0.4) is 0 Å². The van der Waals surface area contributed by atoms with Crippen LogP contribution in [0.2, 0.25) is 0 Å². The molecule has 0 spiro atoms. The number of nitrogens with two attached hydrogens (primary N) is 1. The van der Waals surface area contributed by atoms with Gasteiger partial charge in [-0.3, -0.25) is 19.7 Å². The average Bonchev–Trinajstić information content (AvgIpc) is 2.92. The molecule has 1 amide bonds. The Bertz CT molecular complexity index is 947. The Labute approximate surface area is 148 Å². The summed E-state index contributed by atoms with van der Waals surface area (Å²) in [5, 5.41) is 10.7. The molecular weight excluding hydrogens is 340 g/mol. The van der Waals surface area contributed by atoms with E-state index in [1.165, 1.54) is 30.3 Å². The van der Waals surface area contributed by atoms with Crippen molar-refractivity contribution < 1.29 is 24.0 Å². The van der Waals surface area contributed by atoms with Crippen LogP contribution in [0.25, 0.3) is 6.08 Å². The van der Waals surface area contributed by atoms with Crippen molar-refractivity contribution in [3.8, 4) is 11.5 Å². The lowest BCUT2D eigenvalue weighted by atomic mass is 10.1. The van der Waals surface area contributed by atoms with Crippen molar-refractivity contribution in [1.29, 1.82) is 0 Å². The average molecular weight is 354 g/mol. The van der Waals surface area contributed by atoms with E-state index in [9.17, 15) is 19.7 Å². The minimum absolute atomic E-state index is 0.0406. The molecule has 1 heterocycles. The number of carbonyl (C=O) groups excluding carboxylic acids is 2. The molecule has 1 aliphatic rings. The number of hydrogen-bond acceptors (Lipinski definition) is 6. The Hall–Kier alpha value is -3.68. The standard InChI is InChI=1S/C18H14N2O6/c1-10-14(25-9-16(19)21)7-6-13-17(22)15(26-18(10)13)8-11-2-4-12(5-3-11)20(23)24/h2-8H,9H2,1H3,(H2,19,21)/b15-8-. The number of nitro groups is 1. The first-order valence-corrected chi connectivity index (χ1v) is 7.60. The number of allylic oxidation sites excluding steroid dienone is 1. The number of ether oxygens (including phenoxy) is 2. The van der Waals surface area contributed by atoms with E-state index >= 15 is 0 Å². The largest absolute Gasteiger partial charge is 0.483 e. The highest BCUT2D eigenvalue weighted by molar-refractivity contribution is 6.15. The number of non-ortho nitro benzene ring substituents is 1. The van der Waals surface area contributed by atoms with Gasteiger partial charge in [-0.2, -0.15) is 0 Å². The van der Waals surface area contributed by atoms with E-state index in [4.69, 9.17) is 15.2 Å². The molecule has 2 N–H and O–H groups in total. The molecule has 3 rings (SSSR count). The van der Waals surface area contributed by atoms with Gasteiger partial charge in [-0.25, -0.2) is 0 Å². The highest BCUT2D eigenvalue weighted by atomic mass is 16.6. The molecule has 1 aliphatic heterocycles. The predicted molar refractivity (Wildman–Crippen MR) is 91.9 cm³/mol. The number of rotatable bonds is 5. The lowest BCUT2D eigenvalue weighted by Crippen LogP contribution is -2.20. The number of carbonyl (C=O) groups is 2. The van der Waals surface area contributed by atoms with E-state index < -0.39 is 10.8 Å². The molecule has 0 aliphatic carbocycles. The van der Waals surface area contributed by atoms with Gasteiger partial charge in [0.15, 0.2) is 12.4 Å². The van der Waals surface area contributed by atoms with Gasteiger partial charge in [0.2, 0.25) is 5.78 Å². The van der Waals surface area contributed by atoms with E-state index in [2.05, 4.69) is 0 Å². The maximum Gasteiger partial charge on any atom is 0.269 e. The van der Waals surface area contributed by atoms with Crippen LogP contribution in [0.15, 0.2) is 42.2 Å². The fourth-order valence-corrected chi connectivity index (χ4v) is 2.52. The number of ketones is 1. The summed E-state index contributed by atoms with van der Waals surface area (Å²) >= 11 is 0. The van der Waals surface area contributed by atoms with E-state index in [0.29, 0.717) is 28.2 Å². The number of fused-ring (bicyclic) bond motifs is 1. The van der Waals surface area contributed by atoms with Crippen molar-refractivity contribution in [1.82, 2.24) is 0 Å². The Balaban J connectivity index is 1.88. The summed E-state index contributed by atoms with van der Waals surface area (Å²) in [7, 11) is 0. The van der Waals surface area contributed by atoms with Crippen LogP contribution in [-0.2, 0) is 4.79 Å². The monoisotopic (exact) mass is 354 g/mol. The van der Waals surface area contributed by atoms with Crippen LogP contribution < -0.4 is 15.2 Å². The number of benzene rings is 2. The summed E-state index contributed by atoms with van der Waals surface area (Å²) in [6.07, 6.45) is 1.51. The summed E-state index contributed by atoms with van der Waals surface area (Å²) in [5.74, 6) is -0.0652. The number of amides is 1. The van der Waals surface area contributed by atoms with Gasteiger partial charge < -0.3 is 15.2 Å². The van der Waals surface area contributed by atoms with Crippen molar-refractivity contribution in [3.05, 3.63) is 69.0 Å². The third kappa shape index (κ3) is 3.25. The van der Waals surface area contributed by atoms with Gasteiger partial charge in [0, 0.05) is 17.7 Å². The fourth-order valence-electron chi connectivity index (χ4n) is 2.52. The Kier molecular flexibility index (Phi) is 4.40. The number of Topliss-reactive ketones (excluding diaryl/α,β-unsaturated/α-hetero) is 1. The molecule has 0 unspecified atom stereocenters. The first-order valence-electron chi connectivity index (χ1n) is 7.60. The smallest absolute Gasteiger partial charge is 0.269 e. The lowest BCUT2D eigenvalue weighted by Gasteiger charge is -2.09. The van der Waals surface area contributed by atoms with E-state index in [1.807, 2.05) is 0 Å². The van der Waals surface area contributed by atoms with Crippen LogP contribution in [0, 0.1) is 17.0 Å². The second-order valence-electron chi connectivity index (χ2n) is 5.61. The SMILES string of the molecule is Cc1c(OCC(N)=O)ccc2c1O/C(=C\c1ccc([N+](=O)[O-])cc1)C2=O. The third-order valence-electron chi connectivity index (χ3n) is 3.81. The first kappa shape index (κ1) is 17.2. The zero-order chi connectivity index (χ0) is 18.8. The number of nitrogens with zero attached hydrogens (tertiary/aromatic N) is 1. The molecule has 26 heavy (non-hydrogen) atoms. The third-order valence-corrected chi connectivity index (χ3v) is 3.81. The Morgan fingerprint density at radius 3 is 2.58 bits per heavy atom. The predicted octanol–water partition coefficient (Wildman–Crippen LogP) is 2.38. The molecule has 0 saturated heterocycles. The molecule has 2 aromatic rings. The number of primary amides is 1. The lowest BCUT2D eigenvalue weighted by molar-refractivity contribution is -0.384. The van der Waals surface area contributed by atoms with Crippen molar-refractivity contribution in [2.45, 2.75) is 6.92 Å². The minimum atomic E-state index is -0.611. The Morgan fingerprint density at radius 1 is 1.27 bits per heavy atom. The van der Waals surface area contributed by atoms with Gasteiger partial charge in [-0.1, -0.05) is 0 Å². The van der Waals surface area contributed by atoms with Gasteiger partial charge in [0.1, 0.15) is 11.5 Å². The minimum Gasteiger partial charge on any atom is -0.483 e. The molecule has 0 bridgehead atoms. The van der Waals surface area contributed by atoms with Crippen LogP contribution >= 0.6 is 0 Å².